The molecule has 0 fully saturated rings. The Morgan fingerprint density at radius 3 is 2.38 bits per heavy atom. The third-order valence-corrected chi connectivity index (χ3v) is 2.76. The Kier molecular flexibility index (Phi) is 4.13. The number of hydrogen-bond acceptors (Lipinski definition) is 4. The number of benzene rings is 1. The molecule has 0 unspecified atom stereocenters. The summed E-state index contributed by atoms with van der Waals surface area (Å²) in [6.07, 6.45) is 2.46. The lowest BCUT2D eigenvalue weighted by Gasteiger charge is -2.05. The molecule has 108 valence electrons. The first kappa shape index (κ1) is 14.4. The summed E-state index contributed by atoms with van der Waals surface area (Å²) in [4.78, 5) is 33.6. The van der Waals surface area contributed by atoms with Gasteiger partial charge >= 0.3 is 5.97 Å². The van der Waals surface area contributed by atoms with Crippen LogP contribution in [0.5, 0.6) is 0 Å². The van der Waals surface area contributed by atoms with Gasteiger partial charge in [-0.2, -0.15) is 5.10 Å². The topological polar surface area (TPSA) is 101 Å². The van der Waals surface area contributed by atoms with Gasteiger partial charge in [0.15, 0.2) is 5.78 Å². The zero-order valence-corrected chi connectivity index (χ0v) is 11.2. The van der Waals surface area contributed by atoms with Gasteiger partial charge in [-0.1, -0.05) is 0 Å². The molecule has 0 atom stereocenters. The van der Waals surface area contributed by atoms with Crippen LogP contribution in [0.3, 0.4) is 0 Å². The highest BCUT2D eigenvalue weighted by Gasteiger charge is 2.09. The molecule has 0 aliphatic rings. The van der Waals surface area contributed by atoms with Gasteiger partial charge in [-0.25, -0.2) is 4.79 Å². The number of carboxylic acids is 1. The highest BCUT2D eigenvalue weighted by Crippen LogP contribution is 2.10. The predicted molar refractivity (Wildman–Crippen MR) is 74.3 cm³/mol. The summed E-state index contributed by atoms with van der Waals surface area (Å²) in [5.74, 6) is -1.49. The normalized spacial score (nSPS) is 10.1. The number of amides is 1. The van der Waals surface area contributed by atoms with Crippen LogP contribution in [0, 0.1) is 0 Å². The molecule has 0 bridgehead atoms. The van der Waals surface area contributed by atoms with E-state index in [4.69, 9.17) is 5.11 Å². The van der Waals surface area contributed by atoms with Crippen LogP contribution in [-0.2, 0) is 11.3 Å². The molecule has 2 aromatic rings. The fraction of sp³-hybridized carbons (Fsp3) is 0.143. The molecule has 2 rings (SSSR count). The van der Waals surface area contributed by atoms with Crippen molar-refractivity contribution in [3.05, 3.63) is 47.8 Å². The van der Waals surface area contributed by atoms with Crippen LogP contribution < -0.4 is 5.32 Å². The van der Waals surface area contributed by atoms with Crippen molar-refractivity contribution in [1.82, 2.24) is 9.78 Å². The van der Waals surface area contributed by atoms with E-state index in [-0.39, 0.29) is 23.8 Å². The SMILES string of the molecule is CC(=O)c1ccc(NC(=O)Cn2cc(C(=O)O)cn2)cc1. The summed E-state index contributed by atoms with van der Waals surface area (Å²) >= 11 is 0. The van der Waals surface area contributed by atoms with Crippen molar-refractivity contribution in [2.24, 2.45) is 0 Å². The van der Waals surface area contributed by atoms with Crippen molar-refractivity contribution in [1.29, 1.82) is 0 Å². The quantitative estimate of drug-likeness (QED) is 0.810. The lowest BCUT2D eigenvalue weighted by Crippen LogP contribution is -2.19. The van der Waals surface area contributed by atoms with Gasteiger partial charge < -0.3 is 10.4 Å². The number of nitrogens with zero attached hydrogens (tertiary/aromatic N) is 2. The summed E-state index contributed by atoms with van der Waals surface area (Å²) in [5, 5.41) is 15.2. The first-order chi connectivity index (χ1) is 9.95. The highest BCUT2D eigenvalue weighted by atomic mass is 16.4. The first-order valence-corrected chi connectivity index (χ1v) is 6.12. The zero-order valence-electron chi connectivity index (χ0n) is 11.2. The van der Waals surface area contributed by atoms with E-state index in [9.17, 15) is 14.4 Å². The van der Waals surface area contributed by atoms with Crippen LogP contribution in [0.15, 0.2) is 36.7 Å². The summed E-state index contributed by atoms with van der Waals surface area (Å²) < 4.78 is 1.24. The smallest absolute Gasteiger partial charge is 0.338 e. The Morgan fingerprint density at radius 1 is 1.19 bits per heavy atom. The molecule has 1 aromatic carbocycles. The van der Waals surface area contributed by atoms with E-state index in [0.717, 1.165) is 0 Å². The average Bonchev–Trinajstić information content (AvgIpc) is 2.87. The lowest BCUT2D eigenvalue weighted by atomic mass is 10.1. The van der Waals surface area contributed by atoms with Crippen molar-refractivity contribution in [2.75, 3.05) is 5.32 Å². The Morgan fingerprint density at radius 2 is 1.86 bits per heavy atom. The average molecular weight is 287 g/mol. The molecule has 1 aromatic heterocycles. The van der Waals surface area contributed by atoms with E-state index in [2.05, 4.69) is 10.4 Å². The largest absolute Gasteiger partial charge is 0.478 e. The molecule has 0 aliphatic heterocycles. The Bertz CT molecular complexity index is 688. The summed E-state index contributed by atoms with van der Waals surface area (Å²) in [6, 6.07) is 6.49. The van der Waals surface area contributed by atoms with E-state index >= 15 is 0 Å². The van der Waals surface area contributed by atoms with E-state index in [0.29, 0.717) is 11.3 Å². The predicted octanol–water partition coefficient (Wildman–Crippen LogP) is 1.42. The highest BCUT2D eigenvalue weighted by molar-refractivity contribution is 5.95. The molecular weight excluding hydrogens is 274 g/mol. The van der Waals surface area contributed by atoms with Crippen LogP contribution >= 0.6 is 0 Å². The van der Waals surface area contributed by atoms with Gasteiger partial charge in [-0.3, -0.25) is 14.3 Å². The minimum atomic E-state index is -1.10. The molecule has 0 saturated heterocycles. The van der Waals surface area contributed by atoms with Gasteiger partial charge in [0, 0.05) is 17.4 Å². The molecule has 0 radical (unpaired) electrons. The second kappa shape index (κ2) is 6.00. The van der Waals surface area contributed by atoms with Crippen LogP contribution in [0.1, 0.15) is 27.6 Å². The molecule has 2 N–H and O–H groups in total. The summed E-state index contributed by atoms with van der Waals surface area (Å²) in [5.41, 5.74) is 1.13. The monoisotopic (exact) mass is 287 g/mol. The molecule has 21 heavy (non-hydrogen) atoms. The van der Waals surface area contributed by atoms with E-state index in [1.165, 1.54) is 24.0 Å². The molecule has 7 nitrogen and oxygen atoms in total. The number of hydrogen-bond donors (Lipinski definition) is 2. The maximum Gasteiger partial charge on any atom is 0.338 e. The number of anilines is 1. The van der Waals surface area contributed by atoms with Crippen LogP contribution in [0.4, 0.5) is 5.69 Å². The molecule has 0 aliphatic carbocycles. The first-order valence-electron chi connectivity index (χ1n) is 6.12. The number of rotatable bonds is 5. The van der Waals surface area contributed by atoms with E-state index in [1.54, 1.807) is 24.3 Å². The zero-order chi connectivity index (χ0) is 15.4. The maximum atomic E-state index is 11.8. The molecule has 7 heteroatoms. The van der Waals surface area contributed by atoms with Gasteiger partial charge in [0.25, 0.3) is 0 Å². The summed E-state index contributed by atoms with van der Waals surface area (Å²) in [6.45, 7) is 1.37. The summed E-state index contributed by atoms with van der Waals surface area (Å²) in [7, 11) is 0. The maximum absolute atomic E-state index is 11.8. The number of Topliss-reactive ketones (excluding diaryl/α,β-unsaturated/α-hetero) is 1. The van der Waals surface area contributed by atoms with Crippen molar-refractivity contribution in [2.45, 2.75) is 13.5 Å². The van der Waals surface area contributed by atoms with Crippen molar-refractivity contribution < 1.29 is 19.5 Å². The molecule has 0 spiro atoms. The molecular formula is C14H13N3O4. The number of carbonyl (C=O) groups is 3. The van der Waals surface area contributed by atoms with Gasteiger partial charge in [-0.15, -0.1) is 0 Å². The van der Waals surface area contributed by atoms with Gasteiger partial charge in [-0.05, 0) is 31.2 Å². The van der Waals surface area contributed by atoms with Crippen molar-refractivity contribution in [3.8, 4) is 0 Å². The minimum Gasteiger partial charge on any atom is -0.478 e. The van der Waals surface area contributed by atoms with E-state index < -0.39 is 5.97 Å². The number of carbonyl (C=O) groups excluding carboxylic acids is 2. The lowest BCUT2D eigenvalue weighted by molar-refractivity contribution is -0.116. The second-order valence-corrected chi connectivity index (χ2v) is 4.41. The van der Waals surface area contributed by atoms with Gasteiger partial charge in [0.05, 0.1) is 11.8 Å². The van der Waals surface area contributed by atoms with Crippen molar-refractivity contribution >= 4 is 23.3 Å². The van der Waals surface area contributed by atoms with Crippen molar-refractivity contribution in [3.63, 3.8) is 0 Å². The number of aromatic carboxylic acids is 1. The van der Waals surface area contributed by atoms with Gasteiger partial charge in [0.1, 0.15) is 6.54 Å². The Balaban J connectivity index is 1.97. The molecule has 1 heterocycles. The van der Waals surface area contributed by atoms with Crippen LogP contribution in [-0.4, -0.2) is 32.5 Å². The van der Waals surface area contributed by atoms with Gasteiger partial charge in [0.2, 0.25) is 5.91 Å². The van der Waals surface area contributed by atoms with E-state index in [1.807, 2.05) is 0 Å². The second-order valence-electron chi connectivity index (χ2n) is 4.41. The molecule has 1 amide bonds. The Labute approximate surface area is 120 Å². The number of nitrogens with one attached hydrogen (secondary N) is 1. The van der Waals surface area contributed by atoms with Crippen LogP contribution in [0.2, 0.25) is 0 Å². The Hall–Kier alpha value is -2.96. The fourth-order valence-corrected chi connectivity index (χ4v) is 1.70. The fourth-order valence-electron chi connectivity index (χ4n) is 1.70. The minimum absolute atomic E-state index is 0.0219. The standard InChI is InChI=1S/C14H13N3O4/c1-9(18)10-2-4-12(5-3-10)16-13(19)8-17-7-11(6-15-17)14(20)21/h2-7H,8H2,1H3,(H,16,19)(H,20,21). The number of carboxylic acid groups (broad SMARTS) is 1. The number of ketones is 1. The third kappa shape index (κ3) is 3.75. The third-order valence-electron chi connectivity index (χ3n) is 2.76. The number of aromatic nitrogens is 2. The van der Waals surface area contributed by atoms with Crippen LogP contribution in [0.25, 0.3) is 0 Å². The molecule has 0 saturated carbocycles.